The van der Waals surface area contributed by atoms with E-state index < -0.39 is 5.97 Å². The van der Waals surface area contributed by atoms with Crippen LogP contribution in [0.4, 0.5) is 5.69 Å². The van der Waals surface area contributed by atoms with Gasteiger partial charge in [-0.1, -0.05) is 16.8 Å². The zero-order valence-electron chi connectivity index (χ0n) is 8.68. The molecule has 1 aromatic carbocycles. The third-order valence-electron chi connectivity index (χ3n) is 2.16. The van der Waals surface area contributed by atoms with Gasteiger partial charge in [0.25, 0.3) is 0 Å². The van der Waals surface area contributed by atoms with E-state index in [0.29, 0.717) is 12.3 Å². The minimum atomic E-state index is -1.04. The first-order valence-electron chi connectivity index (χ1n) is 4.83. The minimum absolute atomic E-state index is 0.0804. The van der Waals surface area contributed by atoms with Gasteiger partial charge in [0.05, 0.1) is 23.3 Å². The highest BCUT2D eigenvalue weighted by Crippen LogP contribution is 2.21. The highest BCUT2D eigenvalue weighted by Gasteiger charge is 2.08. The monoisotopic (exact) mass is 252 g/mol. The number of aromatic nitrogens is 1. The fourth-order valence-corrected chi connectivity index (χ4v) is 1.58. The molecule has 1 heterocycles. The molecule has 2 N–H and O–H groups in total. The minimum Gasteiger partial charge on any atom is -0.478 e. The molecule has 0 fully saturated rings. The average Bonchev–Trinajstić information content (AvgIpc) is 2.78. The summed E-state index contributed by atoms with van der Waals surface area (Å²) in [7, 11) is 0. The van der Waals surface area contributed by atoms with E-state index in [1.165, 1.54) is 6.07 Å². The molecule has 1 aromatic heterocycles. The van der Waals surface area contributed by atoms with Crippen molar-refractivity contribution in [2.45, 2.75) is 6.54 Å². The Bertz CT molecular complexity index is 526. The van der Waals surface area contributed by atoms with Crippen LogP contribution in [0.1, 0.15) is 16.1 Å². The van der Waals surface area contributed by atoms with Crippen molar-refractivity contribution < 1.29 is 14.4 Å². The molecule has 0 saturated carbocycles. The number of halogens is 1. The van der Waals surface area contributed by atoms with Gasteiger partial charge in [0.1, 0.15) is 0 Å². The molecule has 0 aliphatic carbocycles. The van der Waals surface area contributed by atoms with Crippen LogP contribution in [0.5, 0.6) is 0 Å². The van der Waals surface area contributed by atoms with Gasteiger partial charge in [-0.05, 0) is 18.2 Å². The third-order valence-corrected chi connectivity index (χ3v) is 2.47. The van der Waals surface area contributed by atoms with Crippen LogP contribution in [0.3, 0.4) is 0 Å². The fraction of sp³-hybridized carbons (Fsp3) is 0.0909. The number of benzene rings is 1. The molecule has 2 rings (SSSR count). The van der Waals surface area contributed by atoms with E-state index in [-0.39, 0.29) is 10.6 Å². The van der Waals surface area contributed by atoms with Gasteiger partial charge < -0.3 is 14.9 Å². The summed E-state index contributed by atoms with van der Waals surface area (Å²) in [5.74, 6) is -0.361. The van der Waals surface area contributed by atoms with Crippen molar-refractivity contribution in [2.24, 2.45) is 0 Å². The van der Waals surface area contributed by atoms with Crippen LogP contribution >= 0.6 is 11.6 Å². The van der Waals surface area contributed by atoms with Crippen LogP contribution in [-0.4, -0.2) is 16.2 Å². The van der Waals surface area contributed by atoms with Crippen molar-refractivity contribution in [3.63, 3.8) is 0 Å². The second-order valence-corrected chi connectivity index (χ2v) is 3.74. The summed E-state index contributed by atoms with van der Waals surface area (Å²) in [5.41, 5.74) is 0.799. The highest BCUT2D eigenvalue weighted by molar-refractivity contribution is 6.33. The van der Waals surface area contributed by atoms with Crippen LogP contribution in [0.25, 0.3) is 0 Å². The first kappa shape index (κ1) is 11.5. The Morgan fingerprint density at radius 2 is 2.29 bits per heavy atom. The molecule has 2 aromatic rings. The third kappa shape index (κ3) is 2.76. The zero-order chi connectivity index (χ0) is 12.3. The van der Waals surface area contributed by atoms with Gasteiger partial charge >= 0.3 is 5.97 Å². The molecule has 0 aliphatic rings. The SMILES string of the molecule is O=C(O)c1ccc(NCc2ccno2)cc1Cl. The molecule has 88 valence electrons. The topological polar surface area (TPSA) is 75.4 Å². The predicted molar refractivity (Wildman–Crippen MR) is 62.2 cm³/mol. The van der Waals surface area contributed by atoms with Crippen molar-refractivity contribution in [1.82, 2.24) is 5.16 Å². The molecule has 0 atom stereocenters. The summed E-state index contributed by atoms with van der Waals surface area (Å²) in [6, 6.07) is 6.39. The summed E-state index contributed by atoms with van der Waals surface area (Å²) in [6.45, 7) is 0.461. The normalized spacial score (nSPS) is 10.2. The molecule has 5 nitrogen and oxygen atoms in total. The Balaban J connectivity index is 2.07. The van der Waals surface area contributed by atoms with Crippen LogP contribution in [0.2, 0.25) is 5.02 Å². The lowest BCUT2D eigenvalue weighted by Crippen LogP contribution is -2.01. The van der Waals surface area contributed by atoms with E-state index in [4.69, 9.17) is 21.2 Å². The molecule has 17 heavy (non-hydrogen) atoms. The number of hydrogen-bond acceptors (Lipinski definition) is 4. The number of nitrogens with zero attached hydrogens (tertiary/aromatic N) is 1. The molecule has 0 unspecified atom stereocenters. The second-order valence-electron chi connectivity index (χ2n) is 3.33. The average molecular weight is 253 g/mol. The molecule has 0 amide bonds. The summed E-state index contributed by atoms with van der Waals surface area (Å²) < 4.78 is 4.91. The zero-order valence-corrected chi connectivity index (χ0v) is 9.44. The number of carbonyl (C=O) groups is 1. The summed E-state index contributed by atoms with van der Waals surface area (Å²) >= 11 is 5.83. The first-order valence-corrected chi connectivity index (χ1v) is 5.21. The molecule has 0 saturated heterocycles. The predicted octanol–water partition coefficient (Wildman–Crippen LogP) is 2.64. The lowest BCUT2D eigenvalue weighted by atomic mass is 10.2. The largest absolute Gasteiger partial charge is 0.478 e. The van der Waals surface area contributed by atoms with E-state index in [2.05, 4.69) is 10.5 Å². The van der Waals surface area contributed by atoms with Gasteiger partial charge in [0.2, 0.25) is 0 Å². The number of nitrogens with one attached hydrogen (secondary N) is 1. The summed E-state index contributed by atoms with van der Waals surface area (Å²) in [4.78, 5) is 10.7. The van der Waals surface area contributed by atoms with E-state index in [9.17, 15) is 4.79 Å². The first-order chi connectivity index (χ1) is 8.16. The Labute approximate surface area is 102 Å². The van der Waals surface area contributed by atoms with Crippen molar-refractivity contribution in [3.8, 4) is 0 Å². The van der Waals surface area contributed by atoms with Crippen LogP contribution in [-0.2, 0) is 6.54 Å². The van der Waals surface area contributed by atoms with Crippen molar-refractivity contribution in [3.05, 3.63) is 46.8 Å². The number of anilines is 1. The Morgan fingerprint density at radius 1 is 1.47 bits per heavy atom. The quantitative estimate of drug-likeness (QED) is 0.875. The molecule has 0 bridgehead atoms. The van der Waals surface area contributed by atoms with Gasteiger partial charge in [-0.2, -0.15) is 0 Å². The summed E-state index contributed by atoms with van der Waals surface area (Å²) in [5, 5.41) is 15.6. The van der Waals surface area contributed by atoms with Gasteiger partial charge in [0.15, 0.2) is 5.76 Å². The van der Waals surface area contributed by atoms with Gasteiger partial charge in [-0.3, -0.25) is 0 Å². The standard InChI is InChI=1S/C11H9ClN2O3/c12-10-5-7(1-2-9(10)11(15)16)13-6-8-3-4-14-17-8/h1-5,13H,6H2,(H,15,16). The van der Waals surface area contributed by atoms with Crippen molar-refractivity contribution in [1.29, 1.82) is 0 Å². The van der Waals surface area contributed by atoms with Gasteiger partial charge in [-0.15, -0.1) is 0 Å². The van der Waals surface area contributed by atoms with Crippen molar-refractivity contribution in [2.75, 3.05) is 5.32 Å². The number of carboxylic acids is 1. The number of hydrogen-bond donors (Lipinski definition) is 2. The Hall–Kier alpha value is -2.01. The van der Waals surface area contributed by atoms with E-state index in [0.717, 1.165) is 5.69 Å². The summed E-state index contributed by atoms with van der Waals surface area (Å²) in [6.07, 6.45) is 1.55. The Kier molecular flexibility index (Phi) is 3.30. The maximum Gasteiger partial charge on any atom is 0.337 e. The van der Waals surface area contributed by atoms with Crippen LogP contribution in [0, 0.1) is 0 Å². The molecular weight excluding hydrogens is 244 g/mol. The van der Waals surface area contributed by atoms with E-state index in [1.54, 1.807) is 24.4 Å². The van der Waals surface area contributed by atoms with Crippen LogP contribution < -0.4 is 5.32 Å². The Morgan fingerprint density at radius 3 is 2.88 bits per heavy atom. The van der Waals surface area contributed by atoms with Gasteiger partial charge in [0, 0.05) is 11.8 Å². The fourth-order valence-electron chi connectivity index (χ4n) is 1.32. The maximum absolute atomic E-state index is 10.7. The number of rotatable bonds is 4. The van der Waals surface area contributed by atoms with Crippen molar-refractivity contribution >= 4 is 23.3 Å². The lowest BCUT2D eigenvalue weighted by molar-refractivity contribution is 0.0697. The van der Waals surface area contributed by atoms with E-state index >= 15 is 0 Å². The molecule has 0 aliphatic heterocycles. The molecular formula is C11H9ClN2O3. The highest BCUT2D eigenvalue weighted by atomic mass is 35.5. The molecule has 0 radical (unpaired) electrons. The number of carboxylic acid groups (broad SMARTS) is 1. The van der Waals surface area contributed by atoms with Gasteiger partial charge in [-0.25, -0.2) is 4.79 Å². The van der Waals surface area contributed by atoms with E-state index in [1.807, 2.05) is 0 Å². The second kappa shape index (κ2) is 4.88. The maximum atomic E-state index is 10.7. The number of aromatic carboxylic acids is 1. The molecule has 0 spiro atoms. The van der Waals surface area contributed by atoms with Crippen LogP contribution in [0.15, 0.2) is 35.0 Å². The lowest BCUT2D eigenvalue weighted by Gasteiger charge is -2.05. The smallest absolute Gasteiger partial charge is 0.337 e. The molecule has 6 heteroatoms.